The van der Waals surface area contributed by atoms with Crippen LogP contribution in [0.25, 0.3) is 10.8 Å². The number of halogens is 1. The molecule has 2 N–H and O–H groups in total. The van der Waals surface area contributed by atoms with Crippen LogP contribution in [0.4, 0.5) is 5.82 Å². The lowest BCUT2D eigenvalue weighted by molar-refractivity contribution is -0.122. The van der Waals surface area contributed by atoms with E-state index in [0.29, 0.717) is 5.82 Å². The van der Waals surface area contributed by atoms with Gasteiger partial charge in [-0.2, -0.15) is 0 Å². The lowest BCUT2D eigenvalue weighted by atomic mass is 10.1. The Morgan fingerprint density at radius 2 is 1.95 bits per heavy atom. The summed E-state index contributed by atoms with van der Waals surface area (Å²) in [5.74, 6) is 0.668. The summed E-state index contributed by atoms with van der Waals surface area (Å²) in [6.07, 6.45) is 1.74. The third-order valence-electron chi connectivity index (χ3n) is 3.00. The van der Waals surface area contributed by atoms with Gasteiger partial charge < -0.3 is 10.6 Å². The van der Waals surface area contributed by atoms with Crippen LogP contribution in [-0.2, 0) is 4.79 Å². The zero-order valence-electron chi connectivity index (χ0n) is 12.7. The van der Waals surface area contributed by atoms with Gasteiger partial charge in [0.2, 0.25) is 5.91 Å². The van der Waals surface area contributed by atoms with Crippen molar-refractivity contribution in [1.82, 2.24) is 10.3 Å². The van der Waals surface area contributed by atoms with E-state index in [1.807, 2.05) is 52.0 Å². The summed E-state index contributed by atoms with van der Waals surface area (Å²) in [5, 5.41) is 8.21. The second-order valence-corrected chi connectivity index (χ2v) is 6.95. The number of nitrogens with one attached hydrogen (secondary N) is 2. The first-order chi connectivity index (χ1) is 9.78. The Bertz CT molecular complexity index is 664. The second-order valence-electron chi connectivity index (χ2n) is 6.10. The molecule has 0 spiro atoms. The van der Waals surface area contributed by atoms with Gasteiger partial charge in [0, 0.05) is 27.0 Å². The van der Waals surface area contributed by atoms with E-state index in [2.05, 4.69) is 31.5 Å². The molecule has 0 radical (unpaired) electrons. The van der Waals surface area contributed by atoms with Crippen molar-refractivity contribution in [2.75, 3.05) is 5.32 Å². The molecule has 0 aliphatic heterocycles. The van der Waals surface area contributed by atoms with E-state index in [-0.39, 0.29) is 17.5 Å². The Morgan fingerprint density at radius 1 is 1.24 bits per heavy atom. The van der Waals surface area contributed by atoms with Crippen molar-refractivity contribution in [3.63, 3.8) is 0 Å². The maximum atomic E-state index is 12.2. The standard InChI is InChI=1S/C16H20BrN3O/c1-10(15(21)20-16(2,3)4)19-14-12-6-5-7-13(17)11(12)8-9-18-14/h5-10H,1-4H3,(H,18,19)(H,20,21). The SMILES string of the molecule is CC(Nc1nccc2c(Br)cccc12)C(=O)NC(C)(C)C. The van der Waals surface area contributed by atoms with Crippen LogP contribution in [0.5, 0.6) is 0 Å². The summed E-state index contributed by atoms with van der Waals surface area (Å²) in [4.78, 5) is 16.5. The normalized spacial score (nSPS) is 13.0. The highest BCUT2D eigenvalue weighted by Crippen LogP contribution is 2.27. The predicted octanol–water partition coefficient (Wildman–Crippen LogP) is 3.71. The maximum absolute atomic E-state index is 12.2. The van der Waals surface area contributed by atoms with Crippen molar-refractivity contribution in [3.05, 3.63) is 34.9 Å². The average Bonchev–Trinajstić information content (AvgIpc) is 2.38. The number of amides is 1. The Balaban J connectivity index is 2.24. The van der Waals surface area contributed by atoms with Crippen molar-refractivity contribution in [2.24, 2.45) is 0 Å². The zero-order valence-corrected chi connectivity index (χ0v) is 14.3. The monoisotopic (exact) mass is 349 g/mol. The van der Waals surface area contributed by atoms with Crippen molar-refractivity contribution in [1.29, 1.82) is 0 Å². The minimum absolute atomic E-state index is 0.0451. The molecule has 0 fully saturated rings. The Kier molecular flexibility index (Phi) is 4.52. The van der Waals surface area contributed by atoms with Crippen LogP contribution >= 0.6 is 15.9 Å². The summed E-state index contributed by atoms with van der Waals surface area (Å²) in [6, 6.07) is 7.52. The fraction of sp³-hybridized carbons (Fsp3) is 0.375. The molecule has 0 aliphatic rings. The number of hydrogen-bond donors (Lipinski definition) is 2. The van der Waals surface area contributed by atoms with Gasteiger partial charge in [-0.3, -0.25) is 4.79 Å². The summed E-state index contributed by atoms with van der Waals surface area (Å²) >= 11 is 3.53. The van der Waals surface area contributed by atoms with Gasteiger partial charge >= 0.3 is 0 Å². The summed E-state index contributed by atoms with van der Waals surface area (Å²) in [7, 11) is 0. The number of nitrogens with zero attached hydrogens (tertiary/aromatic N) is 1. The van der Waals surface area contributed by atoms with Gasteiger partial charge in [-0.05, 0) is 39.8 Å². The molecule has 1 heterocycles. The maximum Gasteiger partial charge on any atom is 0.242 e. The van der Waals surface area contributed by atoms with E-state index >= 15 is 0 Å². The molecular weight excluding hydrogens is 330 g/mol. The van der Waals surface area contributed by atoms with Gasteiger partial charge in [0.15, 0.2) is 0 Å². The molecule has 1 unspecified atom stereocenters. The second kappa shape index (κ2) is 6.02. The van der Waals surface area contributed by atoms with Crippen molar-refractivity contribution in [2.45, 2.75) is 39.3 Å². The molecule has 0 saturated heterocycles. The molecule has 0 aliphatic carbocycles. The Hall–Kier alpha value is -1.62. The number of carbonyl (C=O) groups excluding carboxylic acids is 1. The third-order valence-corrected chi connectivity index (χ3v) is 3.69. The summed E-state index contributed by atoms with van der Waals surface area (Å²) in [5.41, 5.74) is -0.248. The minimum Gasteiger partial charge on any atom is -0.358 e. The number of anilines is 1. The smallest absolute Gasteiger partial charge is 0.242 e. The molecule has 4 nitrogen and oxygen atoms in total. The number of carbonyl (C=O) groups is 1. The number of rotatable bonds is 3. The molecule has 0 saturated carbocycles. The molecule has 5 heteroatoms. The van der Waals surface area contributed by atoms with E-state index < -0.39 is 0 Å². The van der Waals surface area contributed by atoms with Gasteiger partial charge in [-0.15, -0.1) is 0 Å². The molecular formula is C16H20BrN3O. The molecule has 21 heavy (non-hydrogen) atoms. The minimum atomic E-state index is -0.360. The van der Waals surface area contributed by atoms with Gasteiger partial charge in [0.05, 0.1) is 0 Å². The molecule has 1 aromatic heterocycles. The first kappa shape index (κ1) is 15.8. The topological polar surface area (TPSA) is 54.0 Å². The van der Waals surface area contributed by atoms with Crippen molar-refractivity contribution in [3.8, 4) is 0 Å². The number of pyridine rings is 1. The predicted molar refractivity (Wildman–Crippen MR) is 90.4 cm³/mol. The van der Waals surface area contributed by atoms with Crippen LogP contribution in [0.3, 0.4) is 0 Å². The highest BCUT2D eigenvalue weighted by molar-refractivity contribution is 9.10. The van der Waals surface area contributed by atoms with E-state index in [1.165, 1.54) is 0 Å². The van der Waals surface area contributed by atoms with E-state index in [4.69, 9.17) is 0 Å². The van der Waals surface area contributed by atoms with Gasteiger partial charge in [0.25, 0.3) is 0 Å². The van der Waals surface area contributed by atoms with Crippen molar-refractivity contribution < 1.29 is 4.79 Å². The van der Waals surface area contributed by atoms with Crippen LogP contribution in [0, 0.1) is 0 Å². The van der Waals surface area contributed by atoms with Gasteiger partial charge in [-0.25, -0.2) is 4.98 Å². The Morgan fingerprint density at radius 3 is 2.62 bits per heavy atom. The lowest BCUT2D eigenvalue weighted by Gasteiger charge is -2.24. The summed E-state index contributed by atoms with van der Waals surface area (Å²) in [6.45, 7) is 7.72. The van der Waals surface area contributed by atoms with Crippen LogP contribution in [0.2, 0.25) is 0 Å². The number of benzene rings is 1. The highest BCUT2D eigenvalue weighted by atomic mass is 79.9. The van der Waals surface area contributed by atoms with Gasteiger partial charge in [-0.1, -0.05) is 28.1 Å². The molecule has 112 valence electrons. The number of hydrogen-bond acceptors (Lipinski definition) is 3. The summed E-state index contributed by atoms with van der Waals surface area (Å²) < 4.78 is 1.01. The lowest BCUT2D eigenvalue weighted by Crippen LogP contribution is -2.47. The molecule has 0 bridgehead atoms. The molecule has 2 rings (SSSR count). The van der Waals surface area contributed by atoms with E-state index in [1.54, 1.807) is 6.20 Å². The molecule has 1 atom stereocenters. The van der Waals surface area contributed by atoms with E-state index in [0.717, 1.165) is 15.2 Å². The average molecular weight is 350 g/mol. The van der Waals surface area contributed by atoms with E-state index in [9.17, 15) is 4.79 Å². The Labute approximate surface area is 133 Å². The first-order valence-corrected chi connectivity index (χ1v) is 7.69. The first-order valence-electron chi connectivity index (χ1n) is 6.90. The quantitative estimate of drug-likeness (QED) is 0.887. The third kappa shape index (κ3) is 3.94. The molecule has 2 aromatic rings. The zero-order chi connectivity index (χ0) is 15.6. The largest absolute Gasteiger partial charge is 0.358 e. The molecule has 1 amide bonds. The van der Waals surface area contributed by atoms with Crippen LogP contribution in [0.15, 0.2) is 34.9 Å². The van der Waals surface area contributed by atoms with Crippen molar-refractivity contribution >= 4 is 38.4 Å². The van der Waals surface area contributed by atoms with Crippen LogP contribution in [-0.4, -0.2) is 22.5 Å². The number of aromatic nitrogens is 1. The fourth-order valence-corrected chi connectivity index (χ4v) is 2.53. The fourth-order valence-electron chi connectivity index (χ4n) is 2.03. The number of fused-ring (bicyclic) bond motifs is 1. The van der Waals surface area contributed by atoms with Gasteiger partial charge in [0.1, 0.15) is 11.9 Å². The van der Waals surface area contributed by atoms with Crippen LogP contribution < -0.4 is 10.6 Å². The van der Waals surface area contributed by atoms with Crippen LogP contribution in [0.1, 0.15) is 27.7 Å². The molecule has 1 aromatic carbocycles. The highest BCUT2D eigenvalue weighted by Gasteiger charge is 2.20.